The Morgan fingerprint density at radius 2 is 0.471 bits per heavy atom. The first-order chi connectivity index (χ1) is 34.5. The van der Waals surface area contributed by atoms with Crippen molar-refractivity contribution in [1.29, 1.82) is 0 Å². The summed E-state index contributed by atoms with van der Waals surface area (Å²) in [5, 5.41) is 0. The van der Waals surface area contributed by atoms with Gasteiger partial charge < -0.3 is 14.2 Å². The summed E-state index contributed by atoms with van der Waals surface area (Å²) in [4.78, 5) is 38.0. The maximum atomic E-state index is 12.8. The molecule has 0 amide bonds. The monoisotopic (exact) mass is 987 g/mol. The molecule has 1 atom stereocenters. The molecular formula is C64H122O6. The molecule has 0 rings (SSSR count). The van der Waals surface area contributed by atoms with E-state index in [0.717, 1.165) is 57.8 Å². The Bertz CT molecular complexity index is 1090. The maximum absolute atomic E-state index is 12.8. The topological polar surface area (TPSA) is 78.9 Å². The lowest BCUT2D eigenvalue weighted by Crippen LogP contribution is -2.30. The van der Waals surface area contributed by atoms with E-state index in [1.807, 2.05) is 0 Å². The Kier molecular flexibility index (Phi) is 58.1. The summed E-state index contributed by atoms with van der Waals surface area (Å²) >= 11 is 0. The Hall–Kier alpha value is -1.85. The van der Waals surface area contributed by atoms with Crippen molar-refractivity contribution >= 4 is 17.9 Å². The lowest BCUT2D eigenvalue weighted by atomic mass is 10.0. The van der Waals surface area contributed by atoms with Crippen molar-refractivity contribution < 1.29 is 28.6 Å². The molecule has 0 N–H and O–H groups in total. The number of unbranched alkanes of at least 4 members (excludes halogenated alkanes) is 46. The van der Waals surface area contributed by atoms with E-state index in [1.165, 1.54) is 263 Å². The summed E-state index contributed by atoms with van der Waals surface area (Å²) < 4.78 is 16.8. The van der Waals surface area contributed by atoms with Crippen LogP contribution >= 0.6 is 0 Å². The number of ether oxygens (including phenoxy) is 3. The van der Waals surface area contributed by atoms with Crippen molar-refractivity contribution in [3.63, 3.8) is 0 Å². The summed E-state index contributed by atoms with van der Waals surface area (Å²) in [7, 11) is 0. The zero-order valence-electron chi connectivity index (χ0n) is 47.6. The molecule has 0 bridgehead atoms. The van der Waals surface area contributed by atoms with Crippen LogP contribution in [-0.4, -0.2) is 37.2 Å². The number of rotatable bonds is 59. The predicted octanol–water partition coefficient (Wildman–Crippen LogP) is 21.3. The van der Waals surface area contributed by atoms with Crippen LogP contribution in [0.5, 0.6) is 0 Å². The minimum atomic E-state index is -0.766. The fourth-order valence-electron chi connectivity index (χ4n) is 9.74. The van der Waals surface area contributed by atoms with Crippen LogP contribution in [0.3, 0.4) is 0 Å². The second-order valence-corrected chi connectivity index (χ2v) is 21.7. The Morgan fingerprint density at radius 3 is 0.714 bits per heavy atom. The molecule has 1 unspecified atom stereocenters. The van der Waals surface area contributed by atoms with Crippen molar-refractivity contribution in [3.05, 3.63) is 12.2 Å². The van der Waals surface area contributed by atoms with Gasteiger partial charge in [-0.3, -0.25) is 14.4 Å². The minimum absolute atomic E-state index is 0.0664. The first-order valence-corrected chi connectivity index (χ1v) is 31.7. The van der Waals surface area contributed by atoms with Crippen molar-refractivity contribution in [3.8, 4) is 0 Å². The third-order valence-corrected chi connectivity index (χ3v) is 14.5. The van der Waals surface area contributed by atoms with E-state index in [-0.39, 0.29) is 31.1 Å². The molecule has 0 aromatic heterocycles. The van der Waals surface area contributed by atoms with Gasteiger partial charge in [-0.15, -0.1) is 0 Å². The highest BCUT2D eigenvalue weighted by Crippen LogP contribution is 2.18. The van der Waals surface area contributed by atoms with Crippen molar-refractivity contribution in [2.75, 3.05) is 13.2 Å². The molecule has 6 heteroatoms. The van der Waals surface area contributed by atoms with Gasteiger partial charge >= 0.3 is 17.9 Å². The van der Waals surface area contributed by atoms with Gasteiger partial charge in [0.1, 0.15) is 13.2 Å². The van der Waals surface area contributed by atoms with Crippen molar-refractivity contribution in [2.45, 2.75) is 367 Å². The van der Waals surface area contributed by atoms with E-state index in [2.05, 4.69) is 32.9 Å². The Balaban J connectivity index is 4.04. The number of hydrogen-bond donors (Lipinski definition) is 0. The number of allylic oxidation sites excluding steroid dienone is 2. The van der Waals surface area contributed by atoms with Gasteiger partial charge in [0.05, 0.1) is 0 Å². The molecule has 414 valence electrons. The van der Waals surface area contributed by atoms with E-state index in [9.17, 15) is 14.4 Å². The summed E-state index contributed by atoms with van der Waals surface area (Å²) in [6, 6.07) is 0. The third kappa shape index (κ3) is 57.1. The highest BCUT2D eigenvalue weighted by molar-refractivity contribution is 5.71. The largest absolute Gasteiger partial charge is 0.462 e. The molecule has 0 saturated heterocycles. The Labute approximate surface area is 437 Å². The quantitative estimate of drug-likeness (QED) is 0.0261. The molecule has 0 aliphatic carbocycles. The fourth-order valence-corrected chi connectivity index (χ4v) is 9.74. The van der Waals surface area contributed by atoms with Crippen molar-refractivity contribution in [1.82, 2.24) is 0 Å². The van der Waals surface area contributed by atoms with Gasteiger partial charge in [0, 0.05) is 19.3 Å². The van der Waals surface area contributed by atoms with Gasteiger partial charge in [0.15, 0.2) is 6.10 Å². The summed E-state index contributed by atoms with van der Waals surface area (Å²) in [5.41, 5.74) is 0. The molecular weight excluding hydrogens is 865 g/mol. The standard InChI is InChI=1S/C64H122O6/c1-4-7-10-13-16-18-20-22-24-26-28-29-30-31-32-33-34-35-36-38-39-41-43-45-48-51-54-57-63(66)69-60-61(59-68-62(65)56-53-50-47-15-12-9-6-3)70-64(67)58-55-52-49-46-44-42-40-37-27-25-23-21-19-17-14-11-8-5-2/h25,27,61H,4-24,26,28-60H2,1-3H3/b27-25-. The first kappa shape index (κ1) is 68.2. The van der Waals surface area contributed by atoms with Gasteiger partial charge in [0.2, 0.25) is 0 Å². The number of carbonyl (C=O) groups is 3. The van der Waals surface area contributed by atoms with Gasteiger partial charge in [-0.1, -0.05) is 309 Å². The smallest absolute Gasteiger partial charge is 0.306 e. The van der Waals surface area contributed by atoms with E-state index in [4.69, 9.17) is 14.2 Å². The molecule has 0 fully saturated rings. The van der Waals surface area contributed by atoms with Crippen LogP contribution in [0.1, 0.15) is 361 Å². The van der Waals surface area contributed by atoms with Crippen LogP contribution < -0.4 is 0 Å². The van der Waals surface area contributed by atoms with Crippen LogP contribution in [0.25, 0.3) is 0 Å². The van der Waals surface area contributed by atoms with Crippen LogP contribution in [0.4, 0.5) is 0 Å². The molecule has 0 aromatic carbocycles. The summed E-state index contributed by atoms with van der Waals surface area (Å²) in [6.07, 6.45) is 69.7. The van der Waals surface area contributed by atoms with Crippen LogP contribution in [0.15, 0.2) is 12.2 Å². The van der Waals surface area contributed by atoms with Crippen molar-refractivity contribution in [2.24, 2.45) is 0 Å². The van der Waals surface area contributed by atoms with Crippen LogP contribution in [0.2, 0.25) is 0 Å². The fraction of sp³-hybridized carbons (Fsp3) is 0.922. The lowest BCUT2D eigenvalue weighted by molar-refractivity contribution is -0.167. The van der Waals surface area contributed by atoms with Crippen LogP contribution in [0, 0.1) is 0 Å². The van der Waals surface area contributed by atoms with E-state index in [1.54, 1.807) is 0 Å². The molecule has 0 aliphatic rings. The maximum Gasteiger partial charge on any atom is 0.306 e. The highest BCUT2D eigenvalue weighted by atomic mass is 16.6. The molecule has 0 saturated carbocycles. The van der Waals surface area contributed by atoms with E-state index in [0.29, 0.717) is 19.3 Å². The minimum Gasteiger partial charge on any atom is -0.462 e. The first-order valence-electron chi connectivity index (χ1n) is 31.7. The number of esters is 3. The van der Waals surface area contributed by atoms with E-state index >= 15 is 0 Å². The predicted molar refractivity (Wildman–Crippen MR) is 303 cm³/mol. The molecule has 6 nitrogen and oxygen atoms in total. The second kappa shape index (κ2) is 59.7. The Morgan fingerprint density at radius 1 is 0.271 bits per heavy atom. The zero-order chi connectivity index (χ0) is 50.7. The molecule has 0 aliphatic heterocycles. The van der Waals surface area contributed by atoms with E-state index < -0.39 is 6.10 Å². The second-order valence-electron chi connectivity index (χ2n) is 21.7. The molecule has 70 heavy (non-hydrogen) atoms. The third-order valence-electron chi connectivity index (χ3n) is 14.5. The number of hydrogen-bond acceptors (Lipinski definition) is 6. The van der Waals surface area contributed by atoms with Gasteiger partial charge in [-0.25, -0.2) is 0 Å². The molecule has 0 aromatic rings. The van der Waals surface area contributed by atoms with Crippen LogP contribution in [-0.2, 0) is 28.6 Å². The molecule has 0 radical (unpaired) electrons. The SMILES string of the molecule is CCCCCCCCC/C=C\CCCCCCCCCC(=O)OC(COC(=O)CCCCCCCCC)COC(=O)CCCCCCCCCCCCCCCCCCCCCCCCCCCCC. The zero-order valence-corrected chi connectivity index (χ0v) is 47.6. The molecule has 0 heterocycles. The number of carbonyl (C=O) groups excluding carboxylic acids is 3. The average molecular weight is 988 g/mol. The molecule has 0 spiro atoms. The van der Waals surface area contributed by atoms with Gasteiger partial charge in [-0.05, 0) is 44.9 Å². The summed E-state index contributed by atoms with van der Waals surface area (Å²) in [6.45, 7) is 6.66. The van der Waals surface area contributed by atoms with Gasteiger partial charge in [0.25, 0.3) is 0 Å². The lowest BCUT2D eigenvalue weighted by Gasteiger charge is -2.18. The summed E-state index contributed by atoms with van der Waals surface area (Å²) in [5.74, 6) is -0.853. The normalized spacial score (nSPS) is 12.0. The highest BCUT2D eigenvalue weighted by Gasteiger charge is 2.19. The average Bonchev–Trinajstić information content (AvgIpc) is 3.36. The van der Waals surface area contributed by atoms with Gasteiger partial charge in [-0.2, -0.15) is 0 Å².